The van der Waals surface area contributed by atoms with Crippen LogP contribution in [0.25, 0.3) is 0 Å². The van der Waals surface area contributed by atoms with Crippen molar-refractivity contribution >= 4 is 6.09 Å². The van der Waals surface area contributed by atoms with Gasteiger partial charge in [0.25, 0.3) is 0 Å². The van der Waals surface area contributed by atoms with Crippen LogP contribution < -0.4 is 5.73 Å². The van der Waals surface area contributed by atoms with Crippen LogP contribution in [0.5, 0.6) is 0 Å². The van der Waals surface area contributed by atoms with E-state index in [2.05, 4.69) is 0 Å². The highest BCUT2D eigenvalue weighted by atomic mass is 19.1. The second-order valence-electron chi connectivity index (χ2n) is 4.06. The van der Waals surface area contributed by atoms with Crippen LogP contribution in [-0.4, -0.2) is 37.2 Å². The fraction of sp³-hybridized carbons (Fsp3) is 0.417. The summed E-state index contributed by atoms with van der Waals surface area (Å²) in [4.78, 5) is 13.0. The number of nitrogens with two attached hydrogens (primary N) is 1. The Morgan fingerprint density at radius 1 is 1.53 bits per heavy atom. The number of carbonyl (C=O) groups excluding carboxylic acids is 1. The summed E-state index contributed by atoms with van der Waals surface area (Å²) in [6.45, 7) is 1.68. The topological polar surface area (TPSA) is 55.6 Å². The van der Waals surface area contributed by atoms with Gasteiger partial charge in [0.1, 0.15) is 12.4 Å². The molecule has 2 N–H and O–H groups in total. The summed E-state index contributed by atoms with van der Waals surface area (Å²) in [6, 6.07) is 6.38. The number of cyclic esters (lactones) is 1. The first-order valence-corrected chi connectivity index (χ1v) is 5.58. The first-order valence-electron chi connectivity index (χ1n) is 5.58. The molecule has 0 aliphatic carbocycles. The van der Waals surface area contributed by atoms with Gasteiger partial charge in [-0.1, -0.05) is 12.1 Å². The fourth-order valence-corrected chi connectivity index (χ4v) is 1.96. The van der Waals surface area contributed by atoms with Crippen molar-refractivity contribution in [1.29, 1.82) is 0 Å². The molecule has 1 aromatic carbocycles. The molecule has 0 spiro atoms. The third kappa shape index (κ3) is 2.74. The van der Waals surface area contributed by atoms with Crippen LogP contribution >= 0.6 is 0 Å². The molecule has 5 heteroatoms. The molecule has 0 radical (unpaired) electrons. The zero-order valence-corrected chi connectivity index (χ0v) is 9.43. The van der Waals surface area contributed by atoms with Gasteiger partial charge in [-0.05, 0) is 17.7 Å². The van der Waals surface area contributed by atoms with E-state index in [1.807, 2.05) is 6.07 Å². The van der Waals surface area contributed by atoms with Crippen molar-refractivity contribution in [2.45, 2.75) is 5.92 Å². The van der Waals surface area contributed by atoms with Gasteiger partial charge in [-0.25, -0.2) is 9.18 Å². The summed E-state index contributed by atoms with van der Waals surface area (Å²) in [5.74, 6) is -0.264. The predicted molar refractivity (Wildman–Crippen MR) is 61.1 cm³/mol. The molecule has 4 nitrogen and oxygen atoms in total. The molecule has 1 saturated heterocycles. The highest BCUT2D eigenvalue weighted by Crippen LogP contribution is 2.22. The number of rotatable bonds is 3. The van der Waals surface area contributed by atoms with Gasteiger partial charge in [0, 0.05) is 25.6 Å². The van der Waals surface area contributed by atoms with Crippen molar-refractivity contribution in [1.82, 2.24) is 4.90 Å². The molecule has 0 saturated carbocycles. The van der Waals surface area contributed by atoms with Crippen LogP contribution in [0.15, 0.2) is 24.3 Å². The lowest BCUT2D eigenvalue weighted by Gasteiger charge is -2.32. The van der Waals surface area contributed by atoms with E-state index >= 15 is 0 Å². The Morgan fingerprint density at radius 3 is 3.06 bits per heavy atom. The Hall–Kier alpha value is -1.62. The minimum absolute atomic E-state index is 0.00921. The average Bonchev–Trinajstić information content (AvgIpc) is 2.32. The summed E-state index contributed by atoms with van der Waals surface area (Å²) >= 11 is 0. The van der Waals surface area contributed by atoms with Gasteiger partial charge in [-0.2, -0.15) is 0 Å². The Bertz CT molecular complexity index is 411. The Kier molecular flexibility index (Phi) is 3.58. The number of nitrogens with zero attached hydrogens (tertiary/aromatic N) is 1. The third-order valence-electron chi connectivity index (χ3n) is 2.83. The SMILES string of the molecule is NCCN1CC(c2cccc(F)c2)COC1=O. The zero-order valence-electron chi connectivity index (χ0n) is 9.43. The number of hydrogen-bond donors (Lipinski definition) is 1. The van der Waals surface area contributed by atoms with Crippen LogP contribution in [0.1, 0.15) is 11.5 Å². The molecule has 1 heterocycles. The smallest absolute Gasteiger partial charge is 0.409 e. The summed E-state index contributed by atoms with van der Waals surface area (Å²) in [7, 11) is 0. The lowest BCUT2D eigenvalue weighted by molar-refractivity contribution is 0.0629. The Morgan fingerprint density at radius 2 is 2.35 bits per heavy atom. The summed E-state index contributed by atoms with van der Waals surface area (Å²) in [6.07, 6.45) is -0.344. The molecule has 17 heavy (non-hydrogen) atoms. The van der Waals surface area contributed by atoms with Crippen LogP contribution in [0.2, 0.25) is 0 Å². The van der Waals surface area contributed by atoms with Crippen molar-refractivity contribution in [3.05, 3.63) is 35.6 Å². The van der Waals surface area contributed by atoms with Crippen LogP contribution in [0.4, 0.5) is 9.18 Å². The molecule has 1 aliphatic heterocycles. The van der Waals surface area contributed by atoms with Crippen molar-refractivity contribution in [2.24, 2.45) is 5.73 Å². The molecule has 1 amide bonds. The van der Waals surface area contributed by atoms with E-state index in [9.17, 15) is 9.18 Å². The third-order valence-corrected chi connectivity index (χ3v) is 2.83. The first kappa shape index (κ1) is 11.9. The van der Waals surface area contributed by atoms with Crippen molar-refractivity contribution < 1.29 is 13.9 Å². The molecule has 0 aromatic heterocycles. The number of carbonyl (C=O) groups is 1. The van der Waals surface area contributed by atoms with Gasteiger partial charge in [0.2, 0.25) is 0 Å². The molecule has 1 aliphatic rings. The van der Waals surface area contributed by atoms with E-state index in [0.29, 0.717) is 26.2 Å². The van der Waals surface area contributed by atoms with Gasteiger partial charge in [0.05, 0.1) is 0 Å². The second kappa shape index (κ2) is 5.14. The van der Waals surface area contributed by atoms with E-state index in [4.69, 9.17) is 10.5 Å². The van der Waals surface area contributed by atoms with Gasteiger partial charge in [-0.3, -0.25) is 0 Å². The minimum atomic E-state index is -0.344. The lowest BCUT2D eigenvalue weighted by atomic mass is 9.98. The van der Waals surface area contributed by atoms with Gasteiger partial charge in [0.15, 0.2) is 0 Å². The molecular weight excluding hydrogens is 223 g/mol. The van der Waals surface area contributed by atoms with Gasteiger partial charge >= 0.3 is 6.09 Å². The molecule has 1 atom stereocenters. The summed E-state index contributed by atoms with van der Waals surface area (Å²) in [5, 5.41) is 0. The van der Waals surface area contributed by atoms with E-state index in [-0.39, 0.29) is 17.8 Å². The van der Waals surface area contributed by atoms with Crippen molar-refractivity contribution in [3.63, 3.8) is 0 Å². The predicted octanol–water partition coefficient (Wildman–Crippen LogP) is 1.32. The van der Waals surface area contributed by atoms with Gasteiger partial charge < -0.3 is 15.4 Å². The van der Waals surface area contributed by atoms with Gasteiger partial charge in [-0.15, -0.1) is 0 Å². The average molecular weight is 238 g/mol. The zero-order chi connectivity index (χ0) is 12.3. The normalized spacial score (nSPS) is 20.2. The Balaban J connectivity index is 2.10. The van der Waals surface area contributed by atoms with E-state index in [1.54, 1.807) is 11.0 Å². The number of hydrogen-bond acceptors (Lipinski definition) is 3. The van der Waals surface area contributed by atoms with E-state index in [1.165, 1.54) is 12.1 Å². The van der Waals surface area contributed by atoms with Crippen molar-refractivity contribution in [2.75, 3.05) is 26.2 Å². The number of benzene rings is 1. The molecular formula is C12H15FN2O2. The van der Waals surface area contributed by atoms with Crippen LogP contribution in [0, 0.1) is 5.82 Å². The number of halogens is 1. The number of ether oxygens (including phenoxy) is 1. The van der Waals surface area contributed by atoms with Crippen LogP contribution in [-0.2, 0) is 4.74 Å². The standard InChI is InChI=1S/C12H15FN2O2/c13-11-3-1-2-9(6-11)10-7-15(5-4-14)12(16)17-8-10/h1-3,6,10H,4-5,7-8,14H2. The first-order chi connectivity index (χ1) is 8.20. The molecule has 1 aromatic rings. The molecule has 1 fully saturated rings. The highest BCUT2D eigenvalue weighted by molar-refractivity contribution is 5.68. The lowest BCUT2D eigenvalue weighted by Crippen LogP contribution is -2.44. The second-order valence-corrected chi connectivity index (χ2v) is 4.06. The highest BCUT2D eigenvalue weighted by Gasteiger charge is 2.27. The number of amides is 1. The molecule has 92 valence electrons. The fourth-order valence-electron chi connectivity index (χ4n) is 1.96. The van der Waals surface area contributed by atoms with E-state index < -0.39 is 0 Å². The maximum Gasteiger partial charge on any atom is 0.409 e. The van der Waals surface area contributed by atoms with Crippen molar-refractivity contribution in [3.8, 4) is 0 Å². The molecule has 0 bridgehead atoms. The summed E-state index contributed by atoms with van der Waals surface area (Å²) in [5.41, 5.74) is 6.27. The molecule has 1 unspecified atom stereocenters. The van der Waals surface area contributed by atoms with Crippen LogP contribution in [0.3, 0.4) is 0 Å². The largest absolute Gasteiger partial charge is 0.449 e. The quantitative estimate of drug-likeness (QED) is 0.864. The van der Waals surface area contributed by atoms with E-state index in [0.717, 1.165) is 5.56 Å². The Labute approximate surface area is 99.2 Å². The summed E-state index contributed by atoms with van der Waals surface area (Å²) < 4.78 is 18.2. The monoisotopic (exact) mass is 238 g/mol. The maximum absolute atomic E-state index is 13.1. The minimum Gasteiger partial charge on any atom is -0.449 e. The maximum atomic E-state index is 13.1. The molecule has 2 rings (SSSR count).